The predicted octanol–water partition coefficient (Wildman–Crippen LogP) is 2.47. The van der Waals surface area contributed by atoms with Gasteiger partial charge in [0.25, 0.3) is 0 Å². The molecule has 0 saturated carbocycles. The Morgan fingerprint density at radius 1 is 1.38 bits per heavy atom. The molecular weight excluding hydrogens is 312 g/mol. The average molecular weight is 331 g/mol. The maximum absolute atomic E-state index is 9.96. The number of thioether (sulfide) groups is 1. The minimum atomic E-state index is -0.933. The lowest BCUT2D eigenvalue weighted by Crippen LogP contribution is -2.49. The van der Waals surface area contributed by atoms with E-state index in [2.05, 4.69) is 6.58 Å². The molecule has 0 spiro atoms. The summed E-state index contributed by atoms with van der Waals surface area (Å²) in [5.41, 5.74) is -0.234. The van der Waals surface area contributed by atoms with Gasteiger partial charge in [-0.3, -0.25) is 0 Å². The van der Waals surface area contributed by atoms with E-state index in [0.29, 0.717) is 18.1 Å². The first kappa shape index (κ1) is 16.8. The van der Waals surface area contributed by atoms with Gasteiger partial charge in [-0.1, -0.05) is 29.4 Å². The molecule has 0 unspecified atom stereocenters. The maximum Gasteiger partial charge on any atom is 0.111 e. The molecule has 1 aromatic carbocycles. The van der Waals surface area contributed by atoms with Crippen molar-refractivity contribution in [3.63, 3.8) is 0 Å². The van der Waals surface area contributed by atoms with Crippen molar-refractivity contribution < 1.29 is 19.7 Å². The van der Waals surface area contributed by atoms with Gasteiger partial charge in [-0.25, -0.2) is 0 Å². The fourth-order valence-electron chi connectivity index (χ4n) is 2.06. The zero-order valence-corrected chi connectivity index (χ0v) is 13.1. The molecule has 4 nitrogen and oxygen atoms in total. The van der Waals surface area contributed by atoms with Crippen LogP contribution < -0.4 is 0 Å². The second kappa shape index (κ2) is 8.17. The molecular formula is C15H19ClO4S. The fourth-order valence-corrected chi connectivity index (χ4v) is 3.28. The van der Waals surface area contributed by atoms with E-state index < -0.39 is 18.3 Å². The summed E-state index contributed by atoms with van der Waals surface area (Å²) in [4.78, 5) is 0.999. The van der Waals surface area contributed by atoms with Gasteiger partial charge in [-0.15, -0.1) is 6.58 Å². The van der Waals surface area contributed by atoms with Crippen molar-refractivity contribution >= 4 is 23.4 Å². The summed E-state index contributed by atoms with van der Waals surface area (Å²) in [5, 5.41) is 20.6. The number of ether oxygens (including phenoxy) is 2. The van der Waals surface area contributed by atoms with Gasteiger partial charge in [0.05, 0.1) is 19.3 Å². The van der Waals surface area contributed by atoms with Crippen LogP contribution in [0.3, 0.4) is 0 Å². The largest absolute Gasteiger partial charge is 0.390 e. The smallest absolute Gasteiger partial charge is 0.111 e. The third kappa shape index (κ3) is 4.98. The van der Waals surface area contributed by atoms with Crippen molar-refractivity contribution in [2.45, 2.75) is 35.1 Å². The predicted molar refractivity (Wildman–Crippen MR) is 83.6 cm³/mol. The first-order valence-electron chi connectivity index (χ1n) is 6.72. The highest BCUT2D eigenvalue weighted by Gasteiger charge is 2.37. The molecule has 1 heterocycles. The van der Waals surface area contributed by atoms with E-state index in [1.54, 1.807) is 6.08 Å². The molecule has 1 saturated heterocycles. The Morgan fingerprint density at radius 3 is 2.76 bits per heavy atom. The van der Waals surface area contributed by atoms with Crippen LogP contribution in [0.15, 0.2) is 41.8 Å². The zero-order chi connectivity index (χ0) is 15.2. The summed E-state index contributed by atoms with van der Waals surface area (Å²) in [6.45, 7) is 4.17. The first-order valence-corrected chi connectivity index (χ1v) is 7.98. The lowest BCUT2D eigenvalue weighted by Gasteiger charge is -2.36. The number of aliphatic hydroxyl groups is 2. The quantitative estimate of drug-likeness (QED) is 0.620. The molecule has 0 amide bonds. The average Bonchev–Trinajstić information content (AvgIpc) is 2.46. The van der Waals surface area contributed by atoms with Crippen LogP contribution in [0.25, 0.3) is 0 Å². The lowest BCUT2D eigenvalue weighted by molar-refractivity contribution is -0.162. The highest BCUT2D eigenvalue weighted by molar-refractivity contribution is 7.99. The number of hydrogen-bond donors (Lipinski definition) is 2. The van der Waals surface area contributed by atoms with Crippen molar-refractivity contribution in [1.29, 1.82) is 0 Å². The molecule has 0 bridgehead atoms. The fraction of sp³-hybridized carbons (Fsp3) is 0.467. The topological polar surface area (TPSA) is 58.9 Å². The summed E-state index contributed by atoms with van der Waals surface area (Å²) < 4.78 is 11.1. The van der Waals surface area contributed by atoms with Crippen molar-refractivity contribution in [1.82, 2.24) is 0 Å². The molecule has 1 fully saturated rings. The molecule has 116 valence electrons. The minimum absolute atomic E-state index is 0.224. The standard InChI is InChI=1S/C15H19ClO4S/c1-2-7-19-9-13-15(18)12(17)8-14(20-13)21-11-5-3-10(16)4-6-11/h2-6,12-15,17-18H,1,7-9H2/t12-,13-,14-,15+/m1/s1. The van der Waals surface area contributed by atoms with Crippen LogP contribution in [-0.2, 0) is 9.47 Å². The van der Waals surface area contributed by atoms with E-state index in [-0.39, 0.29) is 12.0 Å². The van der Waals surface area contributed by atoms with Gasteiger partial charge in [-0.2, -0.15) is 0 Å². The molecule has 1 aliphatic heterocycles. The number of aliphatic hydroxyl groups excluding tert-OH is 2. The lowest BCUT2D eigenvalue weighted by atomic mass is 10.0. The van der Waals surface area contributed by atoms with Crippen LogP contribution >= 0.6 is 23.4 Å². The molecule has 0 radical (unpaired) electrons. The number of halogens is 1. The van der Waals surface area contributed by atoms with E-state index in [9.17, 15) is 10.2 Å². The monoisotopic (exact) mass is 330 g/mol. The first-order chi connectivity index (χ1) is 10.1. The summed E-state index contributed by atoms with van der Waals surface area (Å²) in [7, 11) is 0. The molecule has 1 aromatic rings. The van der Waals surface area contributed by atoms with Gasteiger partial charge >= 0.3 is 0 Å². The van der Waals surface area contributed by atoms with Crippen molar-refractivity contribution in [3.8, 4) is 0 Å². The highest BCUT2D eigenvalue weighted by Crippen LogP contribution is 2.33. The van der Waals surface area contributed by atoms with E-state index >= 15 is 0 Å². The molecule has 0 aliphatic carbocycles. The van der Waals surface area contributed by atoms with Gasteiger partial charge < -0.3 is 19.7 Å². The Kier molecular flexibility index (Phi) is 6.54. The van der Waals surface area contributed by atoms with E-state index in [1.807, 2.05) is 24.3 Å². The van der Waals surface area contributed by atoms with Gasteiger partial charge in [0.2, 0.25) is 0 Å². The second-order valence-electron chi connectivity index (χ2n) is 4.80. The van der Waals surface area contributed by atoms with Gasteiger partial charge in [-0.05, 0) is 24.3 Å². The van der Waals surface area contributed by atoms with Crippen LogP contribution in [-0.4, -0.2) is 47.2 Å². The number of rotatable bonds is 6. The molecule has 1 aliphatic rings. The molecule has 4 atom stereocenters. The summed E-state index contributed by atoms with van der Waals surface area (Å²) >= 11 is 7.35. The van der Waals surface area contributed by atoms with Gasteiger partial charge in [0.15, 0.2) is 0 Å². The van der Waals surface area contributed by atoms with Crippen molar-refractivity contribution in [3.05, 3.63) is 41.9 Å². The Balaban J connectivity index is 1.93. The number of benzene rings is 1. The number of hydrogen-bond acceptors (Lipinski definition) is 5. The van der Waals surface area contributed by atoms with Gasteiger partial charge in [0.1, 0.15) is 17.6 Å². The van der Waals surface area contributed by atoms with Crippen molar-refractivity contribution in [2.24, 2.45) is 0 Å². The molecule has 2 N–H and O–H groups in total. The van der Waals surface area contributed by atoms with E-state index in [4.69, 9.17) is 21.1 Å². The molecule has 2 rings (SSSR count). The minimum Gasteiger partial charge on any atom is -0.390 e. The molecule has 21 heavy (non-hydrogen) atoms. The van der Waals surface area contributed by atoms with E-state index in [0.717, 1.165) is 4.90 Å². The van der Waals surface area contributed by atoms with Crippen LogP contribution in [0.2, 0.25) is 5.02 Å². The Labute approximate surface area is 133 Å². The SMILES string of the molecule is C=CCOC[C@H]1O[C@H](Sc2ccc(Cl)cc2)C[C@@H](O)[C@@H]1O. The summed E-state index contributed by atoms with van der Waals surface area (Å²) in [6, 6.07) is 7.42. The van der Waals surface area contributed by atoms with Gasteiger partial charge in [0, 0.05) is 16.3 Å². The Bertz CT molecular complexity index is 453. The van der Waals surface area contributed by atoms with E-state index in [1.165, 1.54) is 11.8 Å². The van der Waals surface area contributed by atoms with Crippen LogP contribution in [0.1, 0.15) is 6.42 Å². The van der Waals surface area contributed by atoms with Crippen LogP contribution in [0.4, 0.5) is 0 Å². The van der Waals surface area contributed by atoms with Crippen LogP contribution in [0.5, 0.6) is 0 Å². The summed E-state index contributed by atoms with van der Waals surface area (Å²) in [5.74, 6) is 0. The van der Waals surface area contributed by atoms with Crippen molar-refractivity contribution in [2.75, 3.05) is 13.2 Å². The maximum atomic E-state index is 9.96. The normalized spacial score (nSPS) is 29.3. The summed E-state index contributed by atoms with van der Waals surface area (Å²) in [6.07, 6.45) is -0.297. The third-order valence-corrected chi connectivity index (χ3v) is 4.50. The Morgan fingerprint density at radius 2 is 2.10 bits per heavy atom. The molecule has 0 aromatic heterocycles. The second-order valence-corrected chi connectivity index (χ2v) is 6.46. The zero-order valence-electron chi connectivity index (χ0n) is 11.5. The van der Waals surface area contributed by atoms with Crippen LogP contribution in [0, 0.1) is 0 Å². The Hall–Kier alpha value is -0.560. The highest BCUT2D eigenvalue weighted by atomic mass is 35.5. The molecule has 6 heteroatoms. The third-order valence-electron chi connectivity index (χ3n) is 3.13.